The molecule has 4 unspecified atom stereocenters. The minimum Gasteiger partial charge on any atom is -0.462 e. The molecule has 0 rings (SSSR count). The molecule has 114 heavy (non-hydrogen) atoms. The highest BCUT2D eigenvalue weighted by atomic mass is 31.2. The molecule has 17 nitrogen and oxygen atoms in total. The van der Waals surface area contributed by atoms with Gasteiger partial charge in [-0.15, -0.1) is 0 Å². The zero-order chi connectivity index (χ0) is 83.4. The minimum atomic E-state index is -4.97. The fourth-order valence-corrected chi connectivity index (χ4v) is 16.5. The summed E-state index contributed by atoms with van der Waals surface area (Å²) in [5.74, 6) is -0.493. The number of esters is 4. The average molecular weight is 1660 g/mol. The van der Waals surface area contributed by atoms with E-state index in [0.29, 0.717) is 25.7 Å². The molecule has 0 heterocycles. The molecule has 0 saturated heterocycles. The number of carbonyl (C=O) groups excluding carboxylic acids is 4. The van der Waals surface area contributed by atoms with Crippen molar-refractivity contribution in [1.29, 1.82) is 0 Å². The smallest absolute Gasteiger partial charge is 0.462 e. The van der Waals surface area contributed by atoms with Crippen LogP contribution in [-0.2, 0) is 65.4 Å². The maximum Gasteiger partial charge on any atom is 0.472 e. The number of hydrogen-bond acceptors (Lipinski definition) is 15. The molecule has 0 aliphatic heterocycles. The van der Waals surface area contributed by atoms with Gasteiger partial charge in [0, 0.05) is 25.7 Å². The number of carbonyl (C=O) groups is 4. The zero-order valence-corrected chi connectivity index (χ0v) is 77.2. The van der Waals surface area contributed by atoms with Crippen LogP contribution in [0.4, 0.5) is 0 Å². The van der Waals surface area contributed by atoms with E-state index >= 15 is 0 Å². The topological polar surface area (TPSA) is 237 Å². The maximum atomic E-state index is 13.2. The Kier molecular flexibility index (Phi) is 84.6. The van der Waals surface area contributed by atoms with Gasteiger partial charge in [-0.1, -0.05) is 465 Å². The van der Waals surface area contributed by atoms with Crippen molar-refractivity contribution in [2.24, 2.45) is 11.8 Å². The molecule has 678 valence electrons. The second kappa shape index (κ2) is 86.0. The predicted octanol–water partition coefficient (Wildman–Crippen LogP) is 29.7. The van der Waals surface area contributed by atoms with Gasteiger partial charge in [0.05, 0.1) is 26.4 Å². The van der Waals surface area contributed by atoms with Crippen LogP contribution in [0, 0.1) is 11.8 Å². The molecular weight excluding hydrogens is 1470 g/mol. The Balaban J connectivity index is 5.21. The molecule has 0 spiro atoms. The number of phosphoric acid groups is 2. The van der Waals surface area contributed by atoms with Crippen molar-refractivity contribution in [3.05, 3.63) is 0 Å². The van der Waals surface area contributed by atoms with Crippen LogP contribution in [0.1, 0.15) is 517 Å². The van der Waals surface area contributed by atoms with Crippen molar-refractivity contribution >= 4 is 39.5 Å². The highest BCUT2D eigenvalue weighted by molar-refractivity contribution is 7.47. The van der Waals surface area contributed by atoms with Crippen LogP contribution in [0.15, 0.2) is 0 Å². The molecular formula is C95H186O17P2. The molecule has 0 fully saturated rings. The van der Waals surface area contributed by atoms with E-state index in [4.69, 9.17) is 37.0 Å². The molecule has 0 saturated carbocycles. The number of hydrogen-bond donors (Lipinski definition) is 3. The Morgan fingerprint density at radius 1 is 0.246 bits per heavy atom. The van der Waals surface area contributed by atoms with E-state index in [2.05, 4.69) is 41.5 Å². The maximum absolute atomic E-state index is 13.2. The van der Waals surface area contributed by atoms with Gasteiger partial charge in [0.15, 0.2) is 12.2 Å². The normalized spacial score (nSPS) is 14.1. The van der Waals surface area contributed by atoms with Crippen molar-refractivity contribution < 1.29 is 80.2 Å². The fraction of sp³-hybridized carbons (Fsp3) is 0.958. The zero-order valence-electron chi connectivity index (χ0n) is 75.4. The first-order valence-corrected chi connectivity index (χ1v) is 52.1. The van der Waals surface area contributed by atoms with E-state index < -0.39 is 97.5 Å². The summed E-state index contributed by atoms with van der Waals surface area (Å²) in [7, 11) is -9.94. The van der Waals surface area contributed by atoms with Crippen LogP contribution in [0.25, 0.3) is 0 Å². The van der Waals surface area contributed by atoms with E-state index in [1.54, 1.807) is 0 Å². The van der Waals surface area contributed by atoms with Crippen molar-refractivity contribution in [1.82, 2.24) is 0 Å². The van der Waals surface area contributed by atoms with Crippen LogP contribution in [0.3, 0.4) is 0 Å². The molecule has 7 atom stereocenters. The number of rotatable bonds is 94. The lowest BCUT2D eigenvalue weighted by molar-refractivity contribution is -0.161. The third kappa shape index (κ3) is 85.1. The quantitative estimate of drug-likeness (QED) is 0.0222. The van der Waals surface area contributed by atoms with E-state index in [9.17, 15) is 43.2 Å². The van der Waals surface area contributed by atoms with Crippen molar-refractivity contribution in [3.8, 4) is 0 Å². The third-order valence-corrected chi connectivity index (χ3v) is 25.1. The Labute approximate surface area is 702 Å². The van der Waals surface area contributed by atoms with Crippen LogP contribution in [0.5, 0.6) is 0 Å². The Bertz CT molecular complexity index is 2170. The van der Waals surface area contributed by atoms with Gasteiger partial charge >= 0.3 is 39.5 Å². The van der Waals surface area contributed by atoms with Gasteiger partial charge in [0.2, 0.25) is 0 Å². The van der Waals surface area contributed by atoms with E-state index in [1.807, 2.05) is 0 Å². The summed E-state index contributed by atoms with van der Waals surface area (Å²) in [5.41, 5.74) is 0. The van der Waals surface area contributed by atoms with Crippen molar-refractivity contribution in [2.45, 2.75) is 535 Å². The molecule has 3 N–H and O–H groups in total. The number of unbranched alkanes of at least 4 members (excludes halogenated alkanes) is 62. The summed E-state index contributed by atoms with van der Waals surface area (Å²) in [6, 6.07) is 0. The number of phosphoric ester groups is 2. The Morgan fingerprint density at radius 3 is 0.623 bits per heavy atom. The standard InChI is InChI=1S/C95H186O17P2/c1-7-11-13-15-17-19-21-23-25-27-29-31-32-34-38-42-46-50-54-58-65-71-77-92(97)105-83-90(111-94(99)79-73-67-60-56-52-48-44-40-36-35-37-41-45-49-53-57-63-69-75-87(5)9-3)85-109-113(101,102)107-81-89(96)82-108-114(103,104)110-86-91(84-106-93(98)78-72-66-62-61-64-70-76-88(6)10-4)112-95(100)80-74-68-59-55-51-47-43-39-33-30-28-26-24-22-20-18-16-14-12-8-2/h87-91,96H,7-86H2,1-6H3,(H,101,102)(H,103,104)/t87?,88?,89-,90-,91-/m1/s1. The fourth-order valence-electron chi connectivity index (χ4n) is 14.9. The van der Waals surface area contributed by atoms with Crippen LogP contribution in [-0.4, -0.2) is 96.7 Å². The summed E-state index contributed by atoms with van der Waals surface area (Å²) >= 11 is 0. The van der Waals surface area contributed by atoms with E-state index in [-0.39, 0.29) is 25.7 Å². The number of aliphatic hydroxyl groups excluding tert-OH is 1. The largest absolute Gasteiger partial charge is 0.472 e. The molecule has 0 aromatic rings. The molecule has 0 aromatic heterocycles. The predicted molar refractivity (Wildman–Crippen MR) is 474 cm³/mol. The minimum absolute atomic E-state index is 0.108. The Morgan fingerprint density at radius 2 is 0.421 bits per heavy atom. The van der Waals surface area contributed by atoms with Gasteiger partial charge in [-0.05, 0) is 37.5 Å². The van der Waals surface area contributed by atoms with Crippen LogP contribution >= 0.6 is 15.6 Å². The molecule has 0 aromatic carbocycles. The van der Waals surface area contributed by atoms with Crippen molar-refractivity contribution in [3.63, 3.8) is 0 Å². The second-order valence-corrected chi connectivity index (χ2v) is 37.5. The summed E-state index contributed by atoms with van der Waals surface area (Å²) in [4.78, 5) is 73.5. The van der Waals surface area contributed by atoms with Gasteiger partial charge in [0.1, 0.15) is 19.3 Å². The highest BCUT2D eigenvalue weighted by Gasteiger charge is 2.31. The first kappa shape index (κ1) is 112. The van der Waals surface area contributed by atoms with Crippen molar-refractivity contribution in [2.75, 3.05) is 39.6 Å². The molecule has 0 radical (unpaired) electrons. The summed E-state index contributed by atoms with van der Waals surface area (Å²) in [6.07, 6.45) is 82.3. The van der Waals surface area contributed by atoms with Gasteiger partial charge in [-0.25, -0.2) is 9.13 Å². The van der Waals surface area contributed by atoms with E-state index in [1.165, 1.54) is 327 Å². The summed E-state index contributed by atoms with van der Waals surface area (Å²) < 4.78 is 69.2. The SMILES string of the molecule is CCCCCCCCCCCCCCCCCCCCCCCCC(=O)OC[C@H](COP(=O)(O)OC[C@@H](O)COP(=O)(O)OC[C@@H](COC(=O)CCCCCCCCC(C)CC)OC(=O)CCCCCCCCCCCCCCCCCCCCCC)OC(=O)CCCCCCCCCCCCCCCCCCCCC(C)CC. The summed E-state index contributed by atoms with van der Waals surface area (Å²) in [6.45, 7) is 9.75. The summed E-state index contributed by atoms with van der Waals surface area (Å²) in [5, 5.41) is 10.7. The molecule has 0 aliphatic carbocycles. The molecule has 0 bridgehead atoms. The number of ether oxygens (including phenoxy) is 4. The highest BCUT2D eigenvalue weighted by Crippen LogP contribution is 2.45. The number of aliphatic hydroxyl groups is 1. The van der Waals surface area contributed by atoms with Crippen LogP contribution < -0.4 is 0 Å². The first-order valence-electron chi connectivity index (χ1n) is 49.1. The molecule has 0 aliphatic rings. The Hall–Kier alpha value is -1.94. The van der Waals surface area contributed by atoms with Crippen LogP contribution in [0.2, 0.25) is 0 Å². The monoisotopic (exact) mass is 1660 g/mol. The van der Waals surface area contributed by atoms with Gasteiger partial charge in [-0.3, -0.25) is 37.3 Å². The van der Waals surface area contributed by atoms with E-state index in [0.717, 1.165) is 108 Å². The van der Waals surface area contributed by atoms with Gasteiger partial charge in [-0.2, -0.15) is 0 Å². The second-order valence-electron chi connectivity index (χ2n) is 34.6. The van der Waals surface area contributed by atoms with Gasteiger partial charge in [0.25, 0.3) is 0 Å². The van der Waals surface area contributed by atoms with Gasteiger partial charge < -0.3 is 33.8 Å². The molecule has 19 heteroatoms. The third-order valence-electron chi connectivity index (χ3n) is 23.2. The first-order chi connectivity index (χ1) is 55.4. The lowest BCUT2D eigenvalue weighted by atomic mass is 9.99. The average Bonchev–Trinajstić information content (AvgIpc) is 0.899. The molecule has 0 amide bonds. The lowest BCUT2D eigenvalue weighted by Crippen LogP contribution is -2.30. The lowest BCUT2D eigenvalue weighted by Gasteiger charge is -2.21.